The van der Waals surface area contributed by atoms with Gasteiger partial charge in [-0.1, -0.05) is 30.3 Å². The molecule has 8 nitrogen and oxygen atoms in total. The molecule has 0 aliphatic carbocycles. The van der Waals surface area contributed by atoms with Crippen molar-refractivity contribution in [2.75, 3.05) is 27.4 Å². The predicted octanol–water partition coefficient (Wildman–Crippen LogP) is 4.17. The Hall–Kier alpha value is -4.07. The molecule has 0 bridgehead atoms. The van der Waals surface area contributed by atoms with Crippen molar-refractivity contribution in [3.63, 3.8) is 0 Å². The third-order valence-corrected chi connectivity index (χ3v) is 5.72. The zero-order chi connectivity index (χ0) is 23.4. The van der Waals surface area contributed by atoms with Gasteiger partial charge < -0.3 is 19.1 Å². The van der Waals surface area contributed by atoms with Gasteiger partial charge >= 0.3 is 0 Å². The molecule has 3 aromatic rings. The summed E-state index contributed by atoms with van der Waals surface area (Å²) in [6.07, 6.45) is 0.669. The smallest absolute Gasteiger partial charge is 0.269 e. The number of rotatable bonds is 7. The lowest BCUT2D eigenvalue weighted by Gasteiger charge is -2.38. The molecule has 170 valence electrons. The summed E-state index contributed by atoms with van der Waals surface area (Å²) in [7, 11) is 3.19. The SMILES string of the molecule is COc1cc2c(cc1OC)C(c1ccccc1)N(C(=O)COc1ccc([N+](=O)[O-])cc1)CC2. The van der Waals surface area contributed by atoms with Crippen molar-refractivity contribution in [1.29, 1.82) is 0 Å². The van der Waals surface area contributed by atoms with Gasteiger partial charge in [0.1, 0.15) is 5.75 Å². The summed E-state index contributed by atoms with van der Waals surface area (Å²) < 4.78 is 16.6. The van der Waals surface area contributed by atoms with Gasteiger partial charge in [0.05, 0.1) is 25.2 Å². The summed E-state index contributed by atoms with van der Waals surface area (Å²) in [6.45, 7) is 0.342. The number of hydrogen-bond acceptors (Lipinski definition) is 6. The zero-order valence-electron chi connectivity index (χ0n) is 18.4. The van der Waals surface area contributed by atoms with E-state index >= 15 is 0 Å². The van der Waals surface area contributed by atoms with Crippen molar-refractivity contribution >= 4 is 11.6 Å². The highest BCUT2D eigenvalue weighted by atomic mass is 16.6. The predicted molar refractivity (Wildman–Crippen MR) is 122 cm³/mol. The molecule has 0 saturated heterocycles. The summed E-state index contributed by atoms with van der Waals surface area (Å²) >= 11 is 0. The summed E-state index contributed by atoms with van der Waals surface area (Å²) in [5.74, 6) is 1.48. The van der Waals surface area contributed by atoms with E-state index in [1.165, 1.54) is 24.3 Å². The van der Waals surface area contributed by atoms with Crippen LogP contribution in [0.4, 0.5) is 5.69 Å². The molecule has 1 aliphatic heterocycles. The summed E-state index contributed by atoms with van der Waals surface area (Å²) in [5, 5.41) is 10.8. The topological polar surface area (TPSA) is 91.1 Å². The highest BCUT2D eigenvalue weighted by Crippen LogP contribution is 2.41. The van der Waals surface area contributed by atoms with Gasteiger partial charge in [0, 0.05) is 18.7 Å². The number of carbonyl (C=O) groups is 1. The standard InChI is InChI=1S/C25H24N2O6/c1-31-22-14-18-12-13-26(24(28)16-33-20-10-8-19(9-11-20)27(29)30)25(17-6-4-3-5-7-17)21(18)15-23(22)32-2/h3-11,14-15,25H,12-13,16H2,1-2H3. The Labute approximate surface area is 191 Å². The van der Waals surface area contributed by atoms with Crippen LogP contribution in [0.2, 0.25) is 0 Å². The summed E-state index contributed by atoms with van der Waals surface area (Å²) in [6, 6.07) is 19.1. The maximum atomic E-state index is 13.3. The normalized spacial score (nSPS) is 14.8. The molecule has 1 heterocycles. The van der Waals surface area contributed by atoms with E-state index in [-0.39, 0.29) is 24.2 Å². The van der Waals surface area contributed by atoms with Gasteiger partial charge in [-0.3, -0.25) is 14.9 Å². The van der Waals surface area contributed by atoms with Crippen LogP contribution in [0.5, 0.6) is 17.2 Å². The molecule has 0 N–H and O–H groups in total. The van der Waals surface area contributed by atoms with Crippen LogP contribution < -0.4 is 14.2 Å². The Balaban J connectivity index is 1.62. The van der Waals surface area contributed by atoms with Gasteiger partial charge in [-0.2, -0.15) is 0 Å². The largest absolute Gasteiger partial charge is 0.493 e. The number of nitrogens with zero attached hydrogens (tertiary/aromatic N) is 2. The first-order chi connectivity index (χ1) is 16.0. The molecule has 0 saturated carbocycles. The molecule has 1 aliphatic rings. The maximum absolute atomic E-state index is 13.3. The van der Waals surface area contributed by atoms with Gasteiger partial charge in [0.2, 0.25) is 0 Å². The molecular weight excluding hydrogens is 424 g/mol. The second kappa shape index (κ2) is 9.60. The Morgan fingerprint density at radius 2 is 1.70 bits per heavy atom. The third-order valence-electron chi connectivity index (χ3n) is 5.72. The molecule has 8 heteroatoms. The molecular formula is C25H24N2O6. The van der Waals surface area contributed by atoms with E-state index in [1.807, 2.05) is 42.5 Å². The minimum absolute atomic E-state index is 0.0326. The van der Waals surface area contributed by atoms with Crippen molar-refractivity contribution < 1.29 is 23.9 Å². The lowest BCUT2D eigenvalue weighted by molar-refractivity contribution is -0.384. The first-order valence-electron chi connectivity index (χ1n) is 10.5. The second-order valence-corrected chi connectivity index (χ2v) is 7.60. The maximum Gasteiger partial charge on any atom is 0.269 e. The first-order valence-corrected chi connectivity index (χ1v) is 10.5. The first kappa shape index (κ1) is 22.1. The third kappa shape index (κ3) is 4.59. The highest BCUT2D eigenvalue weighted by Gasteiger charge is 2.33. The average molecular weight is 448 g/mol. The number of amides is 1. The molecule has 0 fully saturated rings. The van der Waals surface area contributed by atoms with Crippen LogP contribution >= 0.6 is 0 Å². The number of nitro benzene ring substituents is 1. The zero-order valence-corrected chi connectivity index (χ0v) is 18.4. The van der Waals surface area contributed by atoms with Crippen LogP contribution in [-0.2, 0) is 11.2 Å². The number of carbonyl (C=O) groups excluding carboxylic acids is 1. The van der Waals surface area contributed by atoms with Gasteiger partial charge in [0.15, 0.2) is 18.1 Å². The van der Waals surface area contributed by atoms with Crippen molar-refractivity contribution in [2.45, 2.75) is 12.5 Å². The second-order valence-electron chi connectivity index (χ2n) is 7.60. The Morgan fingerprint density at radius 1 is 1.03 bits per heavy atom. The van der Waals surface area contributed by atoms with Crippen LogP contribution in [0.3, 0.4) is 0 Å². The monoisotopic (exact) mass is 448 g/mol. The van der Waals surface area contributed by atoms with Gasteiger partial charge in [-0.25, -0.2) is 0 Å². The van der Waals surface area contributed by atoms with Crippen molar-refractivity contribution in [2.24, 2.45) is 0 Å². The van der Waals surface area contributed by atoms with Gasteiger partial charge in [-0.05, 0) is 47.4 Å². The van der Waals surface area contributed by atoms with Crippen LogP contribution in [0.15, 0.2) is 66.7 Å². The van der Waals surface area contributed by atoms with Gasteiger partial charge in [0.25, 0.3) is 11.6 Å². The summed E-state index contributed by atoms with van der Waals surface area (Å²) in [5.41, 5.74) is 3.03. The van der Waals surface area contributed by atoms with E-state index in [1.54, 1.807) is 19.1 Å². The molecule has 3 aromatic carbocycles. The lowest BCUT2D eigenvalue weighted by Crippen LogP contribution is -2.43. The Morgan fingerprint density at radius 3 is 2.33 bits per heavy atom. The van der Waals surface area contributed by atoms with Crippen molar-refractivity contribution in [3.8, 4) is 17.2 Å². The van der Waals surface area contributed by atoms with Crippen molar-refractivity contribution in [1.82, 2.24) is 4.90 Å². The molecule has 1 amide bonds. The fourth-order valence-corrected chi connectivity index (χ4v) is 4.10. The average Bonchev–Trinajstić information content (AvgIpc) is 2.86. The molecule has 0 spiro atoms. The molecule has 33 heavy (non-hydrogen) atoms. The minimum atomic E-state index is -0.478. The molecule has 4 rings (SSSR count). The Kier molecular flexibility index (Phi) is 6.44. The molecule has 1 unspecified atom stereocenters. The number of non-ortho nitro benzene ring substituents is 1. The van der Waals surface area contributed by atoms with Gasteiger partial charge in [-0.15, -0.1) is 0 Å². The van der Waals surface area contributed by atoms with E-state index in [4.69, 9.17) is 14.2 Å². The molecule has 0 aromatic heterocycles. The number of fused-ring (bicyclic) bond motifs is 1. The van der Waals surface area contributed by atoms with E-state index in [0.717, 1.165) is 16.7 Å². The van der Waals surface area contributed by atoms with Crippen LogP contribution in [0.25, 0.3) is 0 Å². The lowest BCUT2D eigenvalue weighted by atomic mass is 9.87. The number of methoxy groups -OCH3 is 2. The Bertz CT molecular complexity index is 1150. The van der Waals surface area contributed by atoms with E-state index in [9.17, 15) is 14.9 Å². The number of nitro groups is 1. The number of ether oxygens (including phenoxy) is 3. The minimum Gasteiger partial charge on any atom is -0.493 e. The van der Waals surface area contributed by atoms with Crippen LogP contribution in [0.1, 0.15) is 22.7 Å². The summed E-state index contributed by atoms with van der Waals surface area (Å²) in [4.78, 5) is 25.4. The van der Waals surface area contributed by atoms with Crippen LogP contribution in [0, 0.1) is 10.1 Å². The number of hydrogen-bond donors (Lipinski definition) is 0. The number of benzene rings is 3. The van der Waals surface area contributed by atoms with Crippen LogP contribution in [-0.4, -0.2) is 43.1 Å². The van der Waals surface area contributed by atoms with E-state index in [2.05, 4.69) is 0 Å². The molecule has 1 atom stereocenters. The fraction of sp³-hybridized carbons (Fsp3) is 0.240. The quantitative estimate of drug-likeness (QED) is 0.398. The molecule has 0 radical (unpaired) electrons. The van der Waals surface area contributed by atoms with E-state index < -0.39 is 4.92 Å². The van der Waals surface area contributed by atoms with Crippen molar-refractivity contribution in [3.05, 3.63) is 93.5 Å². The highest BCUT2D eigenvalue weighted by molar-refractivity contribution is 5.79. The van der Waals surface area contributed by atoms with E-state index in [0.29, 0.717) is 30.2 Å². The fourth-order valence-electron chi connectivity index (χ4n) is 4.10.